The molecule has 0 rings (SSSR count). The Hall–Kier alpha value is 1.81. The highest BCUT2D eigenvalue weighted by Gasteiger charge is 2.27. The van der Waals surface area contributed by atoms with Crippen LogP contribution < -0.4 is 48.0 Å². The summed E-state index contributed by atoms with van der Waals surface area (Å²) in [7, 11) is 12.0. The normalized spacial score (nSPS) is 13.2. The van der Waals surface area contributed by atoms with E-state index in [2.05, 4.69) is 68.5 Å². The van der Waals surface area contributed by atoms with Crippen LogP contribution in [-0.2, 0) is 0 Å². The largest absolute Gasteiger partial charge is 1.00 e. The fourth-order valence-electron chi connectivity index (χ4n) is 2.99. The van der Waals surface area contributed by atoms with Gasteiger partial charge in [0.2, 0.25) is 0 Å². The summed E-state index contributed by atoms with van der Waals surface area (Å²) in [6, 6.07) is 6.17. The van der Waals surface area contributed by atoms with Crippen molar-refractivity contribution in [2.45, 2.75) is 63.2 Å². The second kappa shape index (κ2) is 12.3. The molecule has 0 aromatic carbocycles. The van der Waals surface area contributed by atoms with Gasteiger partial charge in [-0.25, -0.2) is 0 Å². The predicted molar refractivity (Wildman–Crippen MR) is 109 cm³/mol. The summed E-state index contributed by atoms with van der Waals surface area (Å²) in [5.74, 6) is 0. The summed E-state index contributed by atoms with van der Waals surface area (Å²) < 4.78 is 2.24. The van der Waals surface area contributed by atoms with Crippen LogP contribution >= 0.6 is 0 Å². The molecule has 0 radical (unpaired) electrons. The molecule has 0 aromatic rings. The number of rotatable bonds is 11. The van der Waals surface area contributed by atoms with Crippen LogP contribution in [0.4, 0.5) is 0 Å². The summed E-state index contributed by atoms with van der Waals surface area (Å²) in [6.07, 6.45) is 2.85. The maximum absolute atomic E-state index is 2.62. The minimum atomic E-state index is -0.968. The Bertz CT molecular complexity index is 290. The van der Waals surface area contributed by atoms with E-state index < -0.39 is 16.1 Å². The van der Waals surface area contributed by atoms with Crippen LogP contribution in [0.3, 0.4) is 0 Å². The molecule has 0 bridgehead atoms. The molecule has 0 heterocycles. The lowest BCUT2D eigenvalue weighted by Crippen LogP contribution is -3.00. The van der Waals surface area contributed by atoms with Gasteiger partial charge in [-0.3, -0.25) is 0 Å². The first-order chi connectivity index (χ1) is 9.62. The molecule has 0 saturated carbocycles. The molecule has 0 aromatic heterocycles. The molecule has 0 aliphatic rings. The average Bonchev–Trinajstić information content (AvgIpc) is 2.22. The summed E-state index contributed by atoms with van der Waals surface area (Å²) in [4.78, 5) is 0. The maximum atomic E-state index is 2.62. The van der Waals surface area contributed by atoms with E-state index in [0.717, 1.165) is 8.97 Å². The standard InChI is InChI=1S/C18H46N2Si2.2HI/c1-19(2,3)13-11-15-21(7,8)17-18-22(9,10)16-12-14-20(4,5)6;;/h11-18H2,1-10H3;2*1H/q+2;;/p-2. The van der Waals surface area contributed by atoms with Gasteiger partial charge >= 0.3 is 0 Å². The first-order valence-electron chi connectivity index (χ1n) is 9.23. The lowest BCUT2D eigenvalue weighted by Gasteiger charge is -2.31. The van der Waals surface area contributed by atoms with E-state index in [1.807, 2.05) is 0 Å². The Morgan fingerprint density at radius 1 is 0.500 bits per heavy atom. The van der Waals surface area contributed by atoms with Crippen molar-refractivity contribution in [2.75, 3.05) is 55.4 Å². The lowest BCUT2D eigenvalue weighted by atomic mass is 10.4. The quantitative estimate of drug-likeness (QED) is 0.156. The zero-order valence-corrected chi connectivity index (χ0v) is 24.6. The van der Waals surface area contributed by atoms with Crippen molar-refractivity contribution in [1.82, 2.24) is 0 Å². The molecule has 0 fully saturated rings. The SMILES string of the molecule is C[N+](C)(C)CCC[Si](C)(C)CC[Si](C)(C)CCC[N+](C)(C)C.[I-].[I-]. The number of nitrogens with zero attached hydrogens (tertiary/aromatic N) is 2. The van der Waals surface area contributed by atoms with E-state index >= 15 is 0 Å². The Morgan fingerprint density at radius 3 is 0.958 bits per heavy atom. The van der Waals surface area contributed by atoms with Gasteiger partial charge < -0.3 is 56.9 Å². The van der Waals surface area contributed by atoms with Crippen molar-refractivity contribution in [3.05, 3.63) is 0 Å². The van der Waals surface area contributed by atoms with E-state index in [1.165, 1.54) is 38.0 Å². The third-order valence-corrected chi connectivity index (χ3v) is 12.0. The Balaban J connectivity index is -0.00000220. The summed E-state index contributed by atoms with van der Waals surface area (Å²) in [5.41, 5.74) is 0. The molecule has 6 heteroatoms. The molecule has 0 unspecified atom stereocenters. The molecule has 0 N–H and O–H groups in total. The first kappa shape index (κ1) is 30.5. The van der Waals surface area contributed by atoms with Crippen LogP contribution in [0.1, 0.15) is 12.8 Å². The number of hydrogen-bond acceptors (Lipinski definition) is 0. The number of quaternary nitrogens is 2. The van der Waals surface area contributed by atoms with Crippen molar-refractivity contribution in [3.8, 4) is 0 Å². The van der Waals surface area contributed by atoms with Crippen LogP contribution in [0.2, 0.25) is 50.4 Å². The second-order valence-corrected chi connectivity index (χ2v) is 21.7. The molecule has 0 atom stereocenters. The third kappa shape index (κ3) is 20.1. The van der Waals surface area contributed by atoms with Gasteiger partial charge in [-0.05, 0) is 12.8 Å². The summed E-state index contributed by atoms with van der Waals surface area (Å²) in [5, 5.41) is 0. The van der Waals surface area contributed by atoms with Crippen LogP contribution in [0.15, 0.2) is 0 Å². The molecule has 0 spiro atoms. The van der Waals surface area contributed by atoms with E-state index in [9.17, 15) is 0 Å². The van der Waals surface area contributed by atoms with E-state index in [4.69, 9.17) is 0 Å². The Morgan fingerprint density at radius 2 is 0.750 bits per heavy atom. The summed E-state index contributed by atoms with van der Waals surface area (Å²) in [6.45, 7) is 13.2. The monoisotopic (exact) mass is 600 g/mol. The molecule has 150 valence electrons. The molecular formula is C18H46I2N2Si2. The van der Waals surface area contributed by atoms with Crippen LogP contribution in [0.5, 0.6) is 0 Å². The molecule has 0 saturated heterocycles. The van der Waals surface area contributed by atoms with Gasteiger partial charge in [0.25, 0.3) is 0 Å². The van der Waals surface area contributed by atoms with Crippen molar-refractivity contribution >= 4 is 16.1 Å². The minimum absolute atomic E-state index is 0. The number of hydrogen-bond donors (Lipinski definition) is 0. The fourth-order valence-corrected chi connectivity index (χ4v) is 11.1. The second-order valence-electron chi connectivity index (χ2n) is 11.1. The van der Waals surface area contributed by atoms with Crippen LogP contribution in [0.25, 0.3) is 0 Å². The smallest absolute Gasteiger partial charge is 0.0777 e. The van der Waals surface area contributed by atoms with Gasteiger partial charge in [0.15, 0.2) is 0 Å². The molecular weight excluding hydrogens is 554 g/mol. The zero-order chi connectivity index (χ0) is 17.7. The van der Waals surface area contributed by atoms with Crippen molar-refractivity contribution in [1.29, 1.82) is 0 Å². The Labute approximate surface area is 190 Å². The van der Waals surface area contributed by atoms with Gasteiger partial charge in [0.1, 0.15) is 0 Å². The predicted octanol–water partition coefficient (Wildman–Crippen LogP) is -1.40. The highest BCUT2D eigenvalue weighted by Crippen LogP contribution is 2.27. The summed E-state index contributed by atoms with van der Waals surface area (Å²) >= 11 is 0. The molecule has 0 aliphatic carbocycles. The Kier molecular flexibility index (Phi) is 15.7. The minimum Gasteiger partial charge on any atom is -1.00 e. The maximum Gasteiger partial charge on any atom is 0.0777 e. The highest BCUT2D eigenvalue weighted by atomic mass is 127. The van der Waals surface area contributed by atoms with Gasteiger partial charge in [-0.2, -0.15) is 0 Å². The van der Waals surface area contributed by atoms with Crippen LogP contribution in [0, 0.1) is 0 Å². The number of halogens is 2. The van der Waals surface area contributed by atoms with Gasteiger partial charge in [-0.1, -0.05) is 50.4 Å². The molecule has 2 nitrogen and oxygen atoms in total. The van der Waals surface area contributed by atoms with E-state index in [-0.39, 0.29) is 48.0 Å². The van der Waals surface area contributed by atoms with Crippen molar-refractivity contribution in [3.63, 3.8) is 0 Å². The fraction of sp³-hybridized carbons (Fsp3) is 1.00. The van der Waals surface area contributed by atoms with E-state index in [0.29, 0.717) is 0 Å². The van der Waals surface area contributed by atoms with Gasteiger partial charge in [-0.15, -0.1) is 0 Å². The first-order valence-corrected chi connectivity index (χ1v) is 16.1. The topological polar surface area (TPSA) is 0 Å². The third-order valence-electron chi connectivity index (χ3n) is 4.84. The van der Waals surface area contributed by atoms with Crippen molar-refractivity contribution < 1.29 is 56.9 Å². The zero-order valence-electron chi connectivity index (χ0n) is 18.3. The van der Waals surface area contributed by atoms with Crippen LogP contribution in [-0.4, -0.2) is 80.5 Å². The lowest BCUT2D eigenvalue weighted by molar-refractivity contribution is -0.870. The van der Waals surface area contributed by atoms with Gasteiger partial charge in [0.05, 0.1) is 55.4 Å². The molecule has 24 heavy (non-hydrogen) atoms. The van der Waals surface area contributed by atoms with Gasteiger partial charge in [0, 0.05) is 16.1 Å². The van der Waals surface area contributed by atoms with Crippen molar-refractivity contribution in [2.24, 2.45) is 0 Å². The van der Waals surface area contributed by atoms with E-state index in [1.54, 1.807) is 12.1 Å². The average molecular weight is 601 g/mol. The molecule has 0 aliphatic heterocycles. The molecule has 0 amide bonds. The highest BCUT2D eigenvalue weighted by molar-refractivity contribution is 6.82.